The average Bonchev–Trinajstić information content (AvgIpc) is 2.34. The second kappa shape index (κ2) is 5.62. The van der Waals surface area contributed by atoms with Crippen molar-refractivity contribution in [2.45, 2.75) is 0 Å². The third kappa shape index (κ3) is 2.73. The molecule has 0 aliphatic carbocycles. The highest BCUT2D eigenvalue weighted by Crippen LogP contribution is 2.37. The van der Waals surface area contributed by atoms with Crippen molar-refractivity contribution < 1.29 is 19.3 Å². The van der Waals surface area contributed by atoms with E-state index in [1.54, 1.807) is 0 Å². The minimum Gasteiger partial charge on any atom is -0.493 e. The van der Waals surface area contributed by atoms with Crippen LogP contribution in [0.1, 0.15) is 5.56 Å². The summed E-state index contributed by atoms with van der Waals surface area (Å²) in [6.07, 6.45) is 1.60. The first kappa shape index (κ1) is 13.4. The van der Waals surface area contributed by atoms with E-state index in [9.17, 15) is 20.2 Å². The zero-order chi connectivity index (χ0) is 13.7. The number of nitro groups is 2. The molecule has 0 radical (unpaired) electrons. The highest BCUT2D eigenvalue weighted by molar-refractivity contribution is 5.70. The predicted molar refractivity (Wildman–Crippen MR) is 62.2 cm³/mol. The molecule has 0 heterocycles. The average molecular weight is 254 g/mol. The second-order valence-corrected chi connectivity index (χ2v) is 3.09. The Morgan fingerprint density at radius 1 is 1.17 bits per heavy atom. The lowest BCUT2D eigenvalue weighted by molar-refractivity contribution is -0.401. The standard InChI is InChI=1S/C10H10N2O6/c1-17-9-4-3-8(12(15)16)7(10(9)18-2)5-6-11(13)14/h3-6H,1-2H3. The number of methoxy groups -OCH3 is 2. The minimum absolute atomic E-state index is 0.0152. The number of hydrogen-bond acceptors (Lipinski definition) is 6. The number of benzene rings is 1. The van der Waals surface area contributed by atoms with Gasteiger partial charge in [0.15, 0.2) is 11.5 Å². The molecule has 18 heavy (non-hydrogen) atoms. The molecular weight excluding hydrogens is 244 g/mol. The first-order chi connectivity index (χ1) is 8.51. The van der Waals surface area contributed by atoms with Gasteiger partial charge in [-0.3, -0.25) is 20.2 Å². The van der Waals surface area contributed by atoms with Gasteiger partial charge in [0, 0.05) is 12.1 Å². The molecule has 0 aliphatic rings. The Hall–Kier alpha value is -2.64. The highest BCUT2D eigenvalue weighted by Gasteiger charge is 2.21. The maximum Gasteiger partial charge on any atom is 0.280 e. The van der Waals surface area contributed by atoms with Gasteiger partial charge in [-0.15, -0.1) is 0 Å². The molecule has 0 fully saturated rings. The largest absolute Gasteiger partial charge is 0.493 e. The number of ether oxygens (including phenoxy) is 2. The molecule has 0 saturated carbocycles. The van der Waals surface area contributed by atoms with Crippen LogP contribution in [0.2, 0.25) is 0 Å². The monoisotopic (exact) mass is 254 g/mol. The number of hydrogen-bond donors (Lipinski definition) is 0. The van der Waals surface area contributed by atoms with Gasteiger partial charge in [0.1, 0.15) is 5.56 Å². The lowest BCUT2D eigenvalue weighted by Crippen LogP contribution is -1.98. The number of rotatable bonds is 5. The van der Waals surface area contributed by atoms with Gasteiger partial charge < -0.3 is 9.47 Å². The molecule has 1 aromatic rings. The van der Waals surface area contributed by atoms with Crippen LogP contribution in [-0.2, 0) is 0 Å². The van der Waals surface area contributed by atoms with E-state index in [-0.39, 0.29) is 22.7 Å². The van der Waals surface area contributed by atoms with E-state index in [4.69, 9.17) is 9.47 Å². The van der Waals surface area contributed by atoms with Gasteiger partial charge in [0.2, 0.25) is 6.20 Å². The van der Waals surface area contributed by atoms with Crippen LogP contribution in [0, 0.1) is 20.2 Å². The lowest BCUT2D eigenvalue weighted by Gasteiger charge is -2.09. The minimum atomic E-state index is -0.720. The Morgan fingerprint density at radius 2 is 1.83 bits per heavy atom. The summed E-state index contributed by atoms with van der Waals surface area (Å²) in [5, 5.41) is 21.1. The van der Waals surface area contributed by atoms with Crippen molar-refractivity contribution in [3.05, 3.63) is 44.1 Å². The Morgan fingerprint density at radius 3 is 2.28 bits per heavy atom. The molecule has 0 N–H and O–H groups in total. The molecule has 1 rings (SSSR count). The third-order valence-electron chi connectivity index (χ3n) is 2.12. The van der Waals surface area contributed by atoms with Crippen LogP contribution in [0.4, 0.5) is 5.69 Å². The van der Waals surface area contributed by atoms with Gasteiger partial charge in [0.05, 0.1) is 24.1 Å². The van der Waals surface area contributed by atoms with Gasteiger partial charge in [-0.1, -0.05) is 0 Å². The molecule has 0 unspecified atom stereocenters. The zero-order valence-electron chi connectivity index (χ0n) is 9.65. The van der Waals surface area contributed by atoms with Crippen LogP contribution >= 0.6 is 0 Å². The quantitative estimate of drug-likeness (QED) is 0.586. The number of nitro benzene ring substituents is 1. The van der Waals surface area contributed by atoms with E-state index >= 15 is 0 Å². The van der Waals surface area contributed by atoms with Crippen molar-refractivity contribution in [1.29, 1.82) is 0 Å². The van der Waals surface area contributed by atoms with Gasteiger partial charge in [0.25, 0.3) is 5.69 Å². The molecular formula is C10H10N2O6. The SMILES string of the molecule is COc1ccc([N+](=O)[O-])c(C=C[N+](=O)[O-])c1OC. The van der Waals surface area contributed by atoms with E-state index in [1.165, 1.54) is 26.4 Å². The van der Waals surface area contributed by atoms with E-state index < -0.39 is 9.85 Å². The fourth-order valence-corrected chi connectivity index (χ4v) is 1.40. The molecule has 0 amide bonds. The summed E-state index contributed by atoms with van der Waals surface area (Å²) in [5.74, 6) is 0.330. The topological polar surface area (TPSA) is 105 Å². The molecule has 0 spiro atoms. The van der Waals surface area contributed by atoms with Gasteiger partial charge in [-0.2, -0.15) is 0 Å². The summed E-state index contributed by atoms with van der Waals surface area (Å²) in [6.45, 7) is 0. The van der Waals surface area contributed by atoms with Crippen LogP contribution in [0.25, 0.3) is 6.08 Å². The molecule has 0 aliphatic heterocycles. The van der Waals surface area contributed by atoms with Crippen molar-refractivity contribution >= 4 is 11.8 Å². The van der Waals surface area contributed by atoms with Gasteiger partial charge in [-0.05, 0) is 6.07 Å². The normalized spacial score (nSPS) is 10.3. The van der Waals surface area contributed by atoms with Crippen molar-refractivity contribution in [2.24, 2.45) is 0 Å². The van der Waals surface area contributed by atoms with Crippen LogP contribution in [0.5, 0.6) is 11.5 Å². The van der Waals surface area contributed by atoms with E-state index in [1.807, 2.05) is 0 Å². The number of nitrogens with zero attached hydrogens (tertiary/aromatic N) is 2. The molecule has 96 valence electrons. The summed E-state index contributed by atoms with van der Waals surface area (Å²) in [5.41, 5.74) is -0.315. The first-order valence-electron chi connectivity index (χ1n) is 4.72. The lowest BCUT2D eigenvalue weighted by atomic mass is 10.1. The van der Waals surface area contributed by atoms with Gasteiger partial charge in [-0.25, -0.2) is 0 Å². The summed E-state index contributed by atoms with van der Waals surface area (Å²) in [6, 6.07) is 2.56. The Balaban J connectivity index is 3.47. The fraction of sp³-hybridized carbons (Fsp3) is 0.200. The van der Waals surface area contributed by atoms with Crippen LogP contribution < -0.4 is 9.47 Å². The van der Waals surface area contributed by atoms with Crippen molar-refractivity contribution in [3.8, 4) is 11.5 Å². The fourth-order valence-electron chi connectivity index (χ4n) is 1.40. The molecule has 8 heteroatoms. The van der Waals surface area contributed by atoms with Crippen LogP contribution in [0.15, 0.2) is 18.3 Å². The predicted octanol–water partition coefficient (Wildman–Crippen LogP) is 1.86. The smallest absolute Gasteiger partial charge is 0.280 e. The summed E-state index contributed by atoms with van der Waals surface area (Å²) in [4.78, 5) is 19.8. The molecule has 0 atom stereocenters. The summed E-state index contributed by atoms with van der Waals surface area (Å²) in [7, 11) is 2.66. The van der Waals surface area contributed by atoms with Crippen molar-refractivity contribution in [2.75, 3.05) is 14.2 Å². The summed E-state index contributed by atoms with van der Waals surface area (Å²) >= 11 is 0. The van der Waals surface area contributed by atoms with E-state index in [2.05, 4.69) is 0 Å². The van der Waals surface area contributed by atoms with Gasteiger partial charge >= 0.3 is 0 Å². The third-order valence-corrected chi connectivity index (χ3v) is 2.12. The summed E-state index contributed by atoms with van der Waals surface area (Å²) < 4.78 is 9.95. The van der Waals surface area contributed by atoms with Crippen molar-refractivity contribution in [1.82, 2.24) is 0 Å². The highest BCUT2D eigenvalue weighted by atomic mass is 16.6. The first-order valence-corrected chi connectivity index (χ1v) is 4.72. The zero-order valence-corrected chi connectivity index (χ0v) is 9.65. The van der Waals surface area contributed by atoms with E-state index in [0.29, 0.717) is 6.20 Å². The molecule has 0 bridgehead atoms. The van der Waals surface area contributed by atoms with E-state index in [0.717, 1.165) is 6.08 Å². The molecule has 8 nitrogen and oxygen atoms in total. The maximum atomic E-state index is 10.8. The molecule has 0 aromatic heterocycles. The van der Waals surface area contributed by atoms with Crippen molar-refractivity contribution in [3.63, 3.8) is 0 Å². The van der Waals surface area contributed by atoms with Crippen LogP contribution in [0.3, 0.4) is 0 Å². The maximum absolute atomic E-state index is 10.8. The second-order valence-electron chi connectivity index (χ2n) is 3.09. The Bertz CT molecular complexity index is 511. The Labute approximate surface area is 102 Å². The molecule has 0 saturated heterocycles. The Kier molecular flexibility index (Phi) is 4.19. The van der Waals surface area contributed by atoms with Crippen LogP contribution in [-0.4, -0.2) is 24.1 Å². The molecule has 1 aromatic carbocycles.